The number of benzene rings is 1. The van der Waals surface area contributed by atoms with Crippen LogP contribution in [0.3, 0.4) is 0 Å². The van der Waals surface area contributed by atoms with Crippen molar-refractivity contribution in [1.82, 2.24) is 14.4 Å². The van der Waals surface area contributed by atoms with Crippen LogP contribution in [0.15, 0.2) is 59.8 Å². The number of nitrogen functional groups attached to an aromatic ring is 1. The van der Waals surface area contributed by atoms with E-state index < -0.39 is 17.2 Å². The number of pyridine rings is 2. The maximum absolute atomic E-state index is 13.9. The van der Waals surface area contributed by atoms with E-state index in [4.69, 9.17) is 5.73 Å². The standard InChI is InChI=1S/C22H16F2N6O/c23-15-3-1-2-13(8-15)19-14(9-17-5-4-16(24)11-30(17)22(19)31)6-7-27-21-18(10-25)20(26)28-12-29-21/h1-5,8-9,11-12H,6-7H2,(H3,26,27,28,29). The molecule has 0 saturated carbocycles. The quantitative estimate of drug-likeness (QED) is 0.515. The summed E-state index contributed by atoms with van der Waals surface area (Å²) in [7, 11) is 0. The molecular formula is C22H16F2N6O. The molecule has 4 aromatic rings. The monoisotopic (exact) mass is 418 g/mol. The zero-order valence-electron chi connectivity index (χ0n) is 16.1. The highest BCUT2D eigenvalue weighted by Gasteiger charge is 2.15. The third kappa shape index (κ3) is 3.91. The first-order chi connectivity index (χ1) is 15.0. The van der Waals surface area contributed by atoms with Gasteiger partial charge in [-0.3, -0.25) is 9.20 Å². The lowest BCUT2D eigenvalue weighted by Gasteiger charge is -2.14. The second-order valence-corrected chi connectivity index (χ2v) is 6.77. The molecule has 3 N–H and O–H groups in total. The summed E-state index contributed by atoms with van der Waals surface area (Å²) in [6, 6.07) is 12.2. The summed E-state index contributed by atoms with van der Waals surface area (Å²) < 4.78 is 28.8. The number of anilines is 2. The van der Waals surface area contributed by atoms with Gasteiger partial charge < -0.3 is 11.1 Å². The molecule has 4 rings (SSSR count). The van der Waals surface area contributed by atoms with E-state index in [0.717, 1.165) is 6.20 Å². The highest BCUT2D eigenvalue weighted by atomic mass is 19.1. The maximum atomic E-state index is 13.9. The van der Waals surface area contributed by atoms with E-state index >= 15 is 0 Å². The molecule has 1 aromatic carbocycles. The zero-order valence-corrected chi connectivity index (χ0v) is 16.1. The average Bonchev–Trinajstić information content (AvgIpc) is 2.74. The summed E-state index contributed by atoms with van der Waals surface area (Å²) in [4.78, 5) is 21.0. The second-order valence-electron chi connectivity index (χ2n) is 6.77. The number of fused-ring (bicyclic) bond motifs is 1. The van der Waals surface area contributed by atoms with Crippen molar-refractivity contribution in [2.75, 3.05) is 17.6 Å². The average molecular weight is 418 g/mol. The number of nitriles is 1. The molecule has 0 aliphatic heterocycles. The Hall–Kier alpha value is -4.32. The fraction of sp³-hybridized carbons (Fsp3) is 0.0909. The molecule has 0 unspecified atom stereocenters. The lowest BCUT2D eigenvalue weighted by Crippen LogP contribution is -2.20. The summed E-state index contributed by atoms with van der Waals surface area (Å²) in [5, 5.41) is 12.3. The van der Waals surface area contributed by atoms with Gasteiger partial charge in [-0.25, -0.2) is 18.7 Å². The van der Waals surface area contributed by atoms with Crippen LogP contribution in [0, 0.1) is 23.0 Å². The van der Waals surface area contributed by atoms with Gasteiger partial charge in [-0.2, -0.15) is 5.26 Å². The molecule has 31 heavy (non-hydrogen) atoms. The predicted octanol–water partition coefficient (Wildman–Crippen LogP) is 3.14. The van der Waals surface area contributed by atoms with E-state index in [0.29, 0.717) is 29.6 Å². The van der Waals surface area contributed by atoms with Crippen molar-refractivity contribution in [3.05, 3.63) is 88.1 Å². The minimum absolute atomic E-state index is 0.0615. The van der Waals surface area contributed by atoms with Crippen molar-refractivity contribution in [3.63, 3.8) is 0 Å². The fourth-order valence-electron chi connectivity index (χ4n) is 3.40. The summed E-state index contributed by atoms with van der Waals surface area (Å²) in [6.45, 7) is 0.310. The molecule has 0 amide bonds. The van der Waals surface area contributed by atoms with Gasteiger partial charge in [0.15, 0.2) is 0 Å². The number of nitrogens with zero attached hydrogens (tertiary/aromatic N) is 4. The van der Waals surface area contributed by atoms with Crippen LogP contribution in [0.1, 0.15) is 11.1 Å². The van der Waals surface area contributed by atoms with Gasteiger partial charge in [-0.1, -0.05) is 12.1 Å². The van der Waals surface area contributed by atoms with Crippen molar-refractivity contribution in [2.24, 2.45) is 0 Å². The van der Waals surface area contributed by atoms with E-state index in [9.17, 15) is 18.8 Å². The Kier molecular flexibility index (Phi) is 5.28. The predicted molar refractivity (Wildman–Crippen MR) is 112 cm³/mol. The molecule has 154 valence electrons. The van der Waals surface area contributed by atoms with Crippen LogP contribution in [-0.2, 0) is 6.42 Å². The topological polar surface area (TPSA) is 109 Å². The number of hydrogen-bond acceptors (Lipinski definition) is 6. The molecule has 0 fully saturated rings. The number of halogens is 2. The molecule has 0 aliphatic rings. The summed E-state index contributed by atoms with van der Waals surface area (Å²) in [5.41, 5.74) is 7.17. The van der Waals surface area contributed by atoms with Crippen molar-refractivity contribution in [1.29, 1.82) is 5.26 Å². The molecule has 9 heteroatoms. The normalized spacial score (nSPS) is 10.7. The Balaban J connectivity index is 1.75. The largest absolute Gasteiger partial charge is 0.382 e. The first-order valence-electron chi connectivity index (χ1n) is 9.32. The molecule has 0 bridgehead atoms. The van der Waals surface area contributed by atoms with Crippen LogP contribution in [0.4, 0.5) is 20.4 Å². The molecular weight excluding hydrogens is 402 g/mol. The van der Waals surface area contributed by atoms with E-state index in [1.54, 1.807) is 12.1 Å². The van der Waals surface area contributed by atoms with Crippen LogP contribution >= 0.6 is 0 Å². The highest BCUT2D eigenvalue weighted by Crippen LogP contribution is 2.24. The smallest absolute Gasteiger partial charge is 0.263 e. The van der Waals surface area contributed by atoms with Crippen LogP contribution in [-0.4, -0.2) is 20.9 Å². The first-order valence-corrected chi connectivity index (χ1v) is 9.32. The number of nitrogens with two attached hydrogens (primary N) is 1. The van der Waals surface area contributed by atoms with Gasteiger partial charge >= 0.3 is 0 Å². The SMILES string of the molecule is N#Cc1c(N)ncnc1NCCc1cc2ccc(F)cn2c(=O)c1-c1cccc(F)c1. The lowest BCUT2D eigenvalue weighted by molar-refractivity contribution is 0.618. The van der Waals surface area contributed by atoms with Crippen LogP contribution in [0.2, 0.25) is 0 Å². The third-order valence-corrected chi connectivity index (χ3v) is 4.81. The molecule has 0 radical (unpaired) electrons. The summed E-state index contributed by atoms with van der Waals surface area (Å²) in [6.07, 6.45) is 2.70. The molecule has 3 aromatic heterocycles. The van der Waals surface area contributed by atoms with Crippen LogP contribution < -0.4 is 16.6 Å². The van der Waals surface area contributed by atoms with Crippen molar-refractivity contribution in [2.45, 2.75) is 6.42 Å². The Morgan fingerprint density at radius 3 is 2.74 bits per heavy atom. The number of hydrogen-bond donors (Lipinski definition) is 2. The van der Waals surface area contributed by atoms with Gasteiger partial charge in [0, 0.05) is 18.3 Å². The van der Waals surface area contributed by atoms with Crippen molar-refractivity contribution < 1.29 is 8.78 Å². The van der Waals surface area contributed by atoms with Gasteiger partial charge in [0.25, 0.3) is 5.56 Å². The van der Waals surface area contributed by atoms with Gasteiger partial charge in [-0.15, -0.1) is 0 Å². The number of rotatable bonds is 5. The molecule has 0 atom stereocenters. The summed E-state index contributed by atoms with van der Waals surface area (Å²) >= 11 is 0. The lowest BCUT2D eigenvalue weighted by atomic mass is 9.98. The molecule has 0 aliphatic carbocycles. The van der Waals surface area contributed by atoms with Gasteiger partial charge in [0.2, 0.25) is 0 Å². The number of aromatic nitrogens is 3. The van der Waals surface area contributed by atoms with Gasteiger partial charge in [0.1, 0.15) is 41.2 Å². The molecule has 3 heterocycles. The van der Waals surface area contributed by atoms with Crippen molar-refractivity contribution in [3.8, 4) is 17.2 Å². The second kappa shape index (κ2) is 8.20. The molecule has 7 nitrogen and oxygen atoms in total. The van der Waals surface area contributed by atoms with E-state index in [1.165, 1.54) is 41.1 Å². The first kappa shape index (κ1) is 20.0. The Morgan fingerprint density at radius 2 is 1.97 bits per heavy atom. The zero-order chi connectivity index (χ0) is 22.0. The van der Waals surface area contributed by atoms with Crippen LogP contribution in [0.25, 0.3) is 16.6 Å². The van der Waals surface area contributed by atoms with E-state index in [-0.39, 0.29) is 22.8 Å². The minimum Gasteiger partial charge on any atom is -0.382 e. The fourth-order valence-corrected chi connectivity index (χ4v) is 3.40. The highest BCUT2D eigenvalue weighted by molar-refractivity contribution is 5.70. The van der Waals surface area contributed by atoms with E-state index in [2.05, 4.69) is 15.3 Å². The Labute approximate surface area is 175 Å². The van der Waals surface area contributed by atoms with Crippen molar-refractivity contribution >= 4 is 17.2 Å². The minimum atomic E-state index is -0.556. The van der Waals surface area contributed by atoms with Gasteiger partial charge in [0.05, 0.1) is 5.56 Å². The van der Waals surface area contributed by atoms with E-state index in [1.807, 2.05) is 6.07 Å². The summed E-state index contributed by atoms with van der Waals surface area (Å²) in [5.74, 6) is -0.701. The Bertz CT molecular complexity index is 1390. The molecule has 0 saturated heterocycles. The number of nitrogens with one attached hydrogen (secondary N) is 1. The Morgan fingerprint density at radius 1 is 1.13 bits per heavy atom. The van der Waals surface area contributed by atoms with Crippen LogP contribution in [0.5, 0.6) is 0 Å². The van der Waals surface area contributed by atoms with Gasteiger partial charge in [-0.05, 0) is 47.9 Å². The third-order valence-electron chi connectivity index (χ3n) is 4.81. The maximum Gasteiger partial charge on any atom is 0.263 e. The molecule has 0 spiro atoms.